The van der Waals surface area contributed by atoms with Crippen LogP contribution >= 0.6 is 11.6 Å². The van der Waals surface area contributed by atoms with E-state index in [1.54, 1.807) is 7.11 Å². The summed E-state index contributed by atoms with van der Waals surface area (Å²) in [5.74, 6) is 2.47. The summed E-state index contributed by atoms with van der Waals surface area (Å²) in [6, 6.07) is 6.03. The molecule has 2 aromatic rings. The van der Waals surface area contributed by atoms with Crippen molar-refractivity contribution in [1.29, 1.82) is 0 Å². The van der Waals surface area contributed by atoms with Gasteiger partial charge in [-0.15, -0.1) is 11.6 Å². The fourth-order valence-corrected chi connectivity index (χ4v) is 2.41. The van der Waals surface area contributed by atoms with Gasteiger partial charge >= 0.3 is 0 Å². The molecule has 0 amide bonds. The summed E-state index contributed by atoms with van der Waals surface area (Å²) in [6.07, 6.45) is 0.786. The molecule has 0 aliphatic carbocycles. The van der Waals surface area contributed by atoms with E-state index in [2.05, 4.69) is 29.5 Å². The maximum atomic E-state index is 5.90. The number of hydrogen-bond acceptors (Lipinski definition) is 3. The minimum absolute atomic E-state index is 0.587. The number of aryl methyl sites for hydroxylation is 1. The van der Waals surface area contributed by atoms with E-state index in [4.69, 9.17) is 21.3 Å². The predicted octanol–water partition coefficient (Wildman–Crippen LogP) is 2.78. The molecular formula is C15H22ClN3O. The summed E-state index contributed by atoms with van der Waals surface area (Å²) < 4.78 is 7.53. The summed E-state index contributed by atoms with van der Waals surface area (Å²) in [6.45, 7) is 5.14. The van der Waals surface area contributed by atoms with Gasteiger partial charge in [-0.05, 0) is 25.7 Å². The van der Waals surface area contributed by atoms with E-state index in [1.165, 1.54) is 0 Å². The molecule has 0 aliphatic heterocycles. The Morgan fingerprint density at radius 3 is 2.85 bits per heavy atom. The first-order chi connectivity index (χ1) is 9.69. The smallest absolute Gasteiger partial charge is 0.121 e. The van der Waals surface area contributed by atoms with Crippen molar-refractivity contribution in [3.8, 4) is 5.75 Å². The Bertz CT molecular complexity index is 567. The van der Waals surface area contributed by atoms with E-state index in [1.807, 2.05) is 12.1 Å². The number of hydrogen-bond donors (Lipinski definition) is 0. The van der Waals surface area contributed by atoms with Crippen LogP contribution in [0.3, 0.4) is 0 Å². The Labute approximate surface area is 125 Å². The Morgan fingerprint density at radius 2 is 2.20 bits per heavy atom. The van der Waals surface area contributed by atoms with Crippen molar-refractivity contribution in [1.82, 2.24) is 14.5 Å². The molecule has 1 heterocycles. The average Bonchev–Trinajstić information content (AvgIpc) is 2.81. The molecule has 5 heteroatoms. The minimum Gasteiger partial charge on any atom is -0.497 e. The van der Waals surface area contributed by atoms with Gasteiger partial charge in [-0.25, -0.2) is 4.98 Å². The zero-order chi connectivity index (χ0) is 14.5. The molecule has 0 bridgehead atoms. The number of imidazole rings is 1. The third-order valence-electron chi connectivity index (χ3n) is 3.60. The highest BCUT2D eigenvalue weighted by Crippen LogP contribution is 2.22. The van der Waals surface area contributed by atoms with Crippen LogP contribution < -0.4 is 4.74 Å². The van der Waals surface area contributed by atoms with Gasteiger partial charge in [0.15, 0.2) is 0 Å². The summed E-state index contributed by atoms with van der Waals surface area (Å²) in [4.78, 5) is 6.99. The number of halogens is 1. The van der Waals surface area contributed by atoms with Crippen molar-refractivity contribution < 1.29 is 4.74 Å². The number of aromatic nitrogens is 2. The fourth-order valence-electron chi connectivity index (χ4n) is 2.24. The summed E-state index contributed by atoms with van der Waals surface area (Å²) in [5, 5.41) is 0. The van der Waals surface area contributed by atoms with Crippen LogP contribution in [-0.4, -0.2) is 47.6 Å². The Morgan fingerprint density at radius 1 is 1.40 bits per heavy atom. The molecule has 0 radical (unpaired) electrons. The molecule has 4 nitrogen and oxygen atoms in total. The minimum atomic E-state index is 0.587. The largest absolute Gasteiger partial charge is 0.497 e. The second kappa shape index (κ2) is 6.95. The Balaban J connectivity index is 2.35. The maximum absolute atomic E-state index is 5.90. The molecule has 2 rings (SSSR count). The molecule has 0 atom stereocenters. The van der Waals surface area contributed by atoms with Crippen LogP contribution in [0.15, 0.2) is 18.2 Å². The van der Waals surface area contributed by atoms with Gasteiger partial charge in [0.2, 0.25) is 0 Å². The number of benzene rings is 1. The maximum Gasteiger partial charge on any atom is 0.121 e. The zero-order valence-corrected chi connectivity index (χ0v) is 13.2. The molecule has 0 saturated heterocycles. The third-order valence-corrected chi connectivity index (χ3v) is 3.79. The Hall–Kier alpha value is -1.26. The van der Waals surface area contributed by atoms with Crippen LogP contribution in [0.5, 0.6) is 5.75 Å². The number of methoxy groups -OCH3 is 1. The van der Waals surface area contributed by atoms with Crippen molar-refractivity contribution in [2.75, 3.05) is 33.1 Å². The predicted molar refractivity (Wildman–Crippen MR) is 83.9 cm³/mol. The van der Waals surface area contributed by atoms with E-state index in [-0.39, 0.29) is 0 Å². The summed E-state index contributed by atoms with van der Waals surface area (Å²) >= 11 is 5.90. The van der Waals surface area contributed by atoms with Gasteiger partial charge in [0.1, 0.15) is 11.6 Å². The van der Waals surface area contributed by atoms with Crippen LogP contribution in [0.25, 0.3) is 11.0 Å². The summed E-state index contributed by atoms with van der Waals surface area (Å²) in [7, 11) is 3.80. The number of alkyl halides is 1. The van der Waals surface area contributed by atoms with E-state index < -0.39 is 0 Å². The number of nitrogens with zero attached hydrogens (tertiary/aromatic N) is 3. The number of rotatable bonds is 7. The molecule has 0 fully saturated rings. The second-order valence-corrected chi connectivity index (χ2v) is 5.25. The monoisotopic (exact) mass is 295 g/mol. The highest BCUT2D eigenvalue weighted by molar-refractivity contribution is 6.17. The van der Waals surface area contributed by atoms with Gasteiger partial charge in [-0.1, -0.05) is 6.92 Å². The molecule has 0 spiro atoms. The van der Waals surface area contributed by atoms with Crippen LogP contribution in [0.2, 0.25) is 0 Å². The van der Waals surface area contributed by atoms with Gasteiger partial charge in [0.05, 0.1) is 18.1 Å². The highest BCUT2D eigenvalue weighted by Gasteiger charge is 2.11. The van der Waals surface area contributed by atoms with E-state index in [0.29, 0.717) is 5.88 Å². The zero-order valence-electron chi connectivity index (χ0n) is 12.4. The number of ether oxygens (including phenoxy) is 1. The van der Waals surface area contributed by atoms with E-state index in [0.717, 1.165) is 48.7 Å². The number of fused-ring (bicyclic) bond motifs is 1. The van der Waals surface area contributed by atoms with Crippen LogP contribution in [0.1, 0.15) is 12.7 Å². The van der Waals surface area contributed by atoms with Gasteiger partial charge < -0.3 is 14.2 Å². The first kappa shape index (κ1) is 15.1. The molecule has 1 aromatic heterocycles. The van der Waals surface area contributed by atoms with Crippen molar-refractivity contribution in [2.45, 2.75) is 19.9 Å². The molecule has 0 saturated carbocycles. The lowest BCUT2D eigenvalue weighted by Gasteiger charge is -2.16. The van der Waals surface area contributed by atoms with Gasteiger partial charge in [0, 0.05) is 31.5 Å². The molecule has 0 N–H and O–H groups in total. The summed E-state index contributed by atoms with van der Waals surface area (Å²) in [5.41, 5.74) is 2.12. The average molecular weight is 296 g/mol. The quantitative estimate of drug-likeness (QED) is 0.736. The van der Waals surface area contributed by atoms with Crippen molar-refractivity contribution >= 4 is 22.6 Å². The first-order valence-corrected chi connectivity index (χ1v) is 7.50. The molecule has 20 heavy (non-hydrogen) atoms. The van der Waals surface area contributed by atoms with Gasteiger partial charge in [-0.2, -0.15) is 0 Å². The third kappa shape index (κ3) is 3.25. The lowest BCUT2D eigenvalue weighted by Crippen LogP contribution is -2.23. The second-order valence-electron chi connectivity index (χ2n) is 4.87. The molecule has 0 aliphatic rings. The highest BCUT2D eigenvalue weighted by atomic mass is 35.5. The van der Waals surface area contributed by atoms with Crippen LogP contribution in [0, 0.1) is 0 Å². The lowest BCUT2D eigenvalue weighted by atomic mass is 10.3. The van der Waals surface area contributed by atoms with Crippen molar-refractivity contribution in [3.63, 3.8) is 0 Å². The van der Waals surface area contributed by atoms with E-state index >= 15 is 0 Å². The fraction of sp³-hybridized carbons (Fsp3) is 0.533. The lowest BCUT2D eigenvalue weighted by molar-refractivity contribution is 0.335. The van der Waals surface area contributed by atoms with Gasteiger partial charge in [-0.3, -0.25) is 0 Å². The SMILES string of the molecule is CCN(C)CCn1c(CCCl)nc2cc(OC)ccc21. The van der Waals surface area contributed by atoms with Crippen LogP contribution in [0.4, 0.5) is 0 Å². The molecule has 110 valence electrons. The molecule has 0 unspecified atom stereocenters. The van der Waals surface area contributed by atoms with Crippen LogP contribution in [-0.2, 0) is 13.0 Å². The van der Waals surface area contributed by atoms with Crippen molar-refractivity contribution in [3.05, 3.63) is 24.0 Å². The van der Waals surface area contributed by atoms with Crippen molar-refractivity contribution in [2.24, 2.45) is 0 Å². The standard InChI is InChI=1S/C15H22ClN3O/c1-4-18(2)9-10-19-14-6-5-12(20-3)11-13(14)17-15(19)7-8-16/h5-6,11H,4,7-10H2,1-3H3. The molecule has 1 aromatic carbocycles. The Kier molecular flexibility index (Phi) is 5.26. The first-order valence-electron chi connectivity index (χ1n) is 6.97. The topological polar surface area (TPSA) is 30.3 Å². The normalized spacial score (nSPS) is 11.4. The van der Waals surface area contributed by atoms with Gasteiger partial charge in [0.25, 0.3) is 0 Å². The molecular weight excluding hydrogens is 274 g/mol. The number of likely N-dealkylation sites (N-methyl/N-ethyl adjacent to an activating group) is 1. The van der Waals surface area contributed by atoms with E-state index in [9.17, 15) is 0 Å².